The van der Waals surface area contributed by atoms with Crippen molar-refractivity contribution in [2.24, 2.45) is 5.92 Å². The van der Waals surface area contributed by atoms with Crippen LogP contribution in [0, 0.1) is 5.92 Å². The van der Waals surface area contributed by atoms with Crippen molar-refractivity contribution in [3.05, 3.63) is 29.0 Å². The van der Waals surface area contributed by atoms with Gasteiger partial charge in [-0.3, -0.25) is 0 Å². The number of hydrogen-bond donors (Lipinski definition) is 0. The molecule has 0 saturated heterocycles. The molecule has 4 heteroatoms. The molecule has 0 bridgehead atoms. The van der Waals surface area contributed by atoms with Crippen LogP contribution in [-0.4, -0.2) is 15.4 Å². The van der Waals surface area contributed by atoms with Crippen molar-refractivity contribution in [3.8, 4) is 0 Å². The van der Waals surface area contributed by atoms with Gasteiger partial charge in [0.1, 0.15) is 5.82 Å². The smallest absolute Gasteiger partial charge is 0.111 e. The van der Waals surface area contributed by atoms with E-state index in [0.29, 0.717) is 17.8 Å². The molecule has 1 atom stereocenters. The minimum absolute atomic E-state index is 0.432. The predicted molar refractivity (Wildman–Crippen MR) is 83.3 cm³/mol. The molecule has 0 radical (unpaired) electrons. The molecule has 0 aliphatic heterocycles. The van der Waals surface area contributed by atoms with Crippen LogP contribution in [0.4, 0.5) is 0 Å². The fourth-order valence-corrected chi connectivity index (χ4v) is 3.03. The highest BCUT2D eigenvalue weighted by Crippen LogP contribution is 2.30. The molecule has 0 aliphatic carbocycles. The molecule has 2 rings (SSSR count). The highest BCUT2D eigenvalue weighted by molar-refractivity contribution is 6.31. The molecule has 0 amide bonds. The van der Waals surface area contributed by atoms with Crippen molar-refractivity contribution in [1.29, 1.82) is 0 Å². The van der Waals surface area contributed by atoms with E-state index in [1.54, 1.807) is 0 Å². The normalized spacial score (nSPS) is 13.4. The lowest BCUT2D eigenvalue weighted by Gasteiger charge is -2.24. The third-order valence-electron chi connectivity index (χ3n) is 3.56. The van der Waals surface area contributed by atoms with E-state index in [2.05, 4.69) is 25.3 Å². The van der Waals surface area contributed by atoms with Crippen molar-refractivity contribution in [2.75, 3.05) is 5.88 Å². The van der Waals surface area contributed by atoms with Gasteiger partial charge in [0.05, 0.1) is 11.0 Å². The van der Waals surface area contributed by atoms with Crippen LogP contribution in [0.5, 0.6) is 0 Å². The first-order valence-electron chi connectivity index (χ1n) is 6.80. The number of aromatic nitrogens is 2. The van der Waals surface area contributed by atoms with E-state index >= 15 is 0 Å². The second kappa shape index (κ2) is 6.15. The van der Waals surface area contributed by atoms with Crippen LogP contribution in [0.15, 0.2) is 18.2 Å². The summed E-state index contributed by atoms with van der Waals surface area (Å²) in [5.74, 6) is 2.20. The fourth-order valence-electron chi connectivity index (χ4n) is 2.70. The first kappa shape index (κ1) is 14.7. The Morgan fingerprint density at radius 1 is 1.32 bits per heavy atom. The van der Waals surface area contributed by atoms with Crippen molar-refractivity contribution < 1.29 is 0 Å². The summed E-state index contributed by atoms with van der Waals surface area (Å²) in [6, 6.07) is 6.31. The Bertz CT molecular complexity index is 561. The first-order valence-corrected chi connectivity index (χ1v) is 7.72. The van der Waals surface area contributed by atoms with Gasteiger partial charge in [-0.15, -0.1) is 11.6 Å². The van der Waals surface area contributed by atoms with E-state index in [4.69, 9.17) is 28.2 Å². The van der Waals surface area contributed by atoms with E-state index in [1.165, 1.54) is 0 Å². The molecule has 1 unspecified atom stereocenters. The number of benzene rings is 1. The molecule has 0 spiro atoms. The molecule has 0 N–H and O–H groups in total. The maximum absolute atomic E-state index is 6.14. The average Bonchev–Trinajstić information content (AvgIpc) is 2.69. The Kier molecular flexibility index (Phi) is 4.75. The Labute approximate surface area is 124 Å². The van der Waals surface area contributed by atoms with Gasteiger partial charge >= 0.3 is 0 Å². The topological polar surface area (TPSA) is 17.8 Å². The number of rotatable bonds is 5. The molecule has 0 saturated carbocycles. The fraction of sp³-hybridized carbons (Fsp3) is 0.533. The van der Waals surface area contributed by atoms with Gasteiger partial charge < -0.3 is 4.57 Å². The lowest BCUT2D eigenvalue weighted by molar-refractivity contribution is 0.365. The van der Waals surface area contributed by atoms with Crippen LogP contribution in [-0.2, 0) is 6.42 Å². The third-order valence-corrected chi connectivity index (χ3v) is 3.99. The third kappa shape index (κ3) is 2.90. The summed E-state index contributed by atoms with van der Waals surface area (Å²) in [7, 11) is 0. The van der Waals surface area contributed by atoms with Crippen molar-refractivity contribution >= 4 is 34.2 Å². The monoisotopic (exact) mass is 298 g/mol. The van der Waals surface area contributed by atoms with Crippen molar-refractivity contribution in [1.82, 2.24) is 9.55 Å². The van der Waals surface area contributed by atoms with Gasteiger partial charge in [0, 0.05) is 23.4 Å². The summed E-state index contributed by atoms with van der Waals surface area (Å²) < 4.78 is 2.33. The zero-order chi connectivity index (χ0) is 14.0. The van der Waals surface area contributed by atoms with E-state index in [0.717, 1.165) is 34.7 Å². The van der Waals surface area contributed by atoms with Crippen LogP contribution >= 0.6 is 23.2 Å². The van der Waals surface area contributed by atoms with Crippen LogP contribution in [0.25, 0.3) is 11.0 Å². The summed E-state index contributed by atoms with van der Waals surface area (Å²) in [5, 5.41) is 0.754. The van der Waals surface area contributed by atoms with Gasteiger partial charge in [-0.05, 0) is 30.5 Å². The maximum Gasteiger partial charge on any atom is 0.111 e. The minimum atomic E-state index is 0.432. The number of fused-ring (bicyclic) bond motifs is 1. The number of halogens is 2. The average molecular weight is 299 g/mol. The van der Waals surface area contributed by atoms with E-state index in [9.17, 15) is 0 Å². The van der Waals surface area contributed by atoms with Crippen molar-refractivity contribution in [2.45, 2.75) is 39.7 Å². The summed E-state index contributed by atoms with van der Waals surface area (Å²) in [5.41, 5.74) is 2.12. The Balaban J connectivity index is 2.65. The Morgan fingerprint density at radius 3 is 2.63 bits per heavy atom. The molecule has 2 nitrogen and oxygen atoms in total. The zero-order valence-electron chi connectivity index (χ0n) is 11.7. The predicted octanol–water partition coefficient (Wildman–Crippen LogP) is 5.08. The van der Waals surface area contributed by atoms with Crippen LogP contribution in [0.2, 0.25) is 5.02 Å². The first-order chi connectivity index (χ1) is 9.08. The number of hydrogen-bond acceptors (Lipinski definition) is 1. The summed E-state index contributed by atoms with van der Waals surface area (Å²) in [4.78, 5) is 4.71. The maximum atomic E-state index is 6.14. The van der Waals surface area contributed by atoms with Crippen LogP contribution < -0.4 is 0 Å². The SMILES string of the molecule is CCC(C(C)C)n1c(CCCl)nc2ccc(Cl)cc21. The van der Waals surface area contributed by atoms with E-state index in [-0.39, 0.29) is 0 Å². The van der Waals surface area contributed by atoms with Gasteiger partial charge in [-0.1, -0.05) is 32.4 Å². The molecular formula is C15H20Cl2N2. The molecule has 19 heavy (non-hydrogen) atoms. The molecular weight excluding hydrogens is 279 g/mol. The molecule has 1 heterocycles. The van der Waals surface area contributed by atoms with E-state index < -0.39 is 0 Å². The number of alkyl halides is 1. The quantitative estimate of drug-likeness (QED) is 0.704. The standard InChI is InChI=1S/C15H20Cl2N2/c1-4-13(10(2)3)19-14-9-11(17)5-6-12(14)18-15(19)7-8-16/h5-6,9-10,13H,4,7-8H2,1-3H3. The second-order valence-electron chi connectivity index (χ2n) is 5.19. The number of aryl methyl sites for hydroxylation is 1. The highest BCUT2D eigenvalue weighted by Gasteiger charge is 2.20. The molecule has 2 aromatic rings. The largest absolute Gasteiger partial charge is 0.325 e. The van der Waals surface area contributed by atoms with E-state index in [1.807, 2.05) is 18.2 Å². The molecule has 0 fully saturated rings. The van der Waals surface area contributed by atoms with Gasteiger partial charge in [0.2, 0.25) is 0 Å². The molecule has 1 aromatic carbocycles. The Morgan fingerprint density at radius 2 is 2.05 bits per heavy atom. The highest BCUT2D eigenvalue weighted by atomic mass is 35.5. The van der Waals surface area contributed by atoms with Crippen LogP contribution in [0.3, 0.4) is 0 Å². The number of nitrogens with zero attached hydrogens (tertiary/aromatic N) is 2. The summed E-state index contributed by atoms with van der Waals surface area (Å²) in [6.07, 6.45) is 1.86. The zero-order valence-corrected chi connectivity index (χ0v) is 13.2. The van der Waals surface area contributed by atoms with Gasteiger partial charge in [-0.25, -0.2) is 4.98 Å². The lowest BCUT2D eigenvalue weighted by atomic mass is 10.0. The molecule has 104 valence electrons. The van der Waals surface area contributed by atoms with Crippen molar-refractivity contribution in [3.63, 3.8) is 0 Å². The van der Waals surface area contributed by atoms with Crippen LogP contribution in [0.1, 0.15) is 39.1 Å². The lowest BCUT2D eigenvalue weighted by Crippen LogP contribution is -2.17. The Hall–Kier alpha value is -0.730. The summed E-state index contributed by atoms with van der Waals surface area (Å²) in [6.45, 7) is 6.70. The minimum Gasteiger partial charge on any atom is -0.325 e. The molecule has 1 aromatic heterocycles. The number of imidazole rings is 1. The molecule has 0 aliphatic rings. The second-order valence-corrected chi connectivity index (χ2v) is 6.00. The summed E-state index contributed by atoms with van der Waals surface area (Å²) >= 11 is 12.1. The van der Waals surface area contributed by atoms with Gasteiger partial charge in [0.15, 0.2) is 0 Å². The van der Waals surface area contributed by atoms with Gasteiger partial charge in [-0.2, -0.15) is 0 Å². The van der Waals surface area contributed by atoms with Gasteiger partial charge in [0.25, 0.3) is 0 Å².